The summed E-state index contributed by atoms with van der Waals surface area (Å²) in [5.74, 6) is 0.401. The molecule has 1 unspecified atom stereocenters. The van der Waals surface area contributed by atoms with Gasteiger partial charge in [0.1, 0.15) is 5.75 Å². The molecule has 0 saturated carbocycles. The van der Waals surface area contributed by atoms with Crippen LogP contribution >= 0.6 is 0 Å². The summed E-state index contributed by atoms with van der Waals surface area (Å²) in [6.45, 7) is 0.896. The van der Waals surface area contributed by atoms with Gasteiger partial charge in [-0.25, -0.2) is 0 Å². The molecule has 1 aliphatic rings. The third-order valence-corrected chi connectivity index (χ3v) is 2.13. The first-order valence-electron chi connectivity index (χ1n) is 4.25. The second-order valence-corrected chi connectivity index (χ2v) is 3.12. The topological polar surface area (TPSA) is 32.8 Å². The second-order valence-electron chi connectivity index (χ2n) is 3.12. The molecule has 1 aromatic carbocycles. The monoisotopic (exact) mass is 164 g/mol. The number of aryl methyl sites for hydroxylation is 1. The number of ether oxygens (including phenoxy) is 1. The molecular formula is C10H12O2. The molecule has 64 valence electrons. The van der Waals surface area contributed by atoms with Gasteiger partial charge in [-0.05, 0) is 24.5 Å². The van der Waals surface area contributed by atoms with Gasteiger partial charge >= 0.3 is 0 Å². The van der Waals surface area contributed by atoms with E-state index in [1.165, 1.54) is 0 Å². The van der Waals surface area contributed by atoms with Crippen LogP contribution < -0.4 is 0 Å². The molecule has 2 heteroatoms. The summed E-state index contributed by atoms with van der Waals surface area (Å²) < 4.78 is 5.09. The van der Waals surface area contributed by atoms with E-state index in [1.807, 2.05) is 18.2 Å². The summed E-state index contributed by atoms with van der Waals surface area (Å²) in [5, 5.41) is 9.40. The fraction of sp³-hybridized carbons (Fsp3) is 0.400. The summed E-state index contributed by atoms with van der Waals surface area (Å²) in [4.78, 5) is 0. The first kappa shape index (κ1) is 7.62. The lowest BCUT2D eigenvalue weighted by Gasteiger charge is -2.01. The Morgan fingerprint density at radius 1 is 1.42 bits per heavy atom. The molecule has 0 aromatic heterocycles. The predicted molar refractivity (Wildman–Crippen MR) is 46.2 cm³/mol. The number of phenolic OH excluding ortho intramolecular Hbond substituents is 1. The number of para-hydroxylation sites is 1. The molecule has 0 radical (unpaired) electrons. The first-order valence-corrected chi connectivity index (χ1v) is 4.25. The Balaban J connectivity index is 1.96. The smallest absolute Gasteiger partial charge is 0.118 e. The molecule has 2 rings (SSSR count). The van der Waals surface area contributed by atoms with Gasteiger partial charge in [-0.1, -0.05) is 18.2 Å². The SMILES string of the molecule is Oc1ccccc1CCC1CO1. The van der Waals surface area contributed by atoms with E-state index in [9.17, 15) is 5.11 Å². The summed E-state index contributed by atoms with van der Waals surface area (Å²) in [6, 6.07) is 7.47. The number of epoxide rings is 1. The predicted octanol–water partition coefficient (Wildman–Crippen LogP) is 1.72. The van der Waals surface area contributed by atoms with Crippen LogP contribution in [0.1, 0.15) is 12.0 Å². The van der Waals surface area contributed by atoms with Crippen LogP contribution in [-0.4, -0.2) is 17.8 Å². The van der Waals surface area contributed by atoms with Crippen molar-refractivity contribution in [2.24, 2.45) is 0 Å². The van der Waals surface area contributed by atoms with Gasteiger partial charge in [-0.15, -0.1) is 0 Å². The largest absolute Gasteiger partial charge is 0.508 e. The molecule has 1 aromatic rings. The molecular weight excluding hydrogens is 152 g/mol. The third kappa shape index (κ3) is 1.77. The van der Waals surface area contributed by atoms with E-state index in [0.717, 1.165) is 25.0 Å². The zero-order valence-corrected chi connectivity index (χ0v) is 6.86. The van der Waals surface area contributed by atoms with Gasteiger partial charge in [0.2, 0.25) is 0 Å². The fourth-order valence-corrected chi connectivity index (χ4v) is 1.27. The van der Waals surface area contributed by atoms with Crippen molar-refractivity contribution < 1.29 is 9.84 Å². The lowest BCUT2D eigenvalue weighted by Crippen LogP contribution is -1.91. The van der Waals surface area contributed by atoms with Crippen molar-refractivity contribution in [2.75, 3.05) is 6.61 Å². The van der Waals surface area contributed by atoms with Crippen LogP contribution in [0.2, 0.25) is 0 Å². The zero-order chi connectivity index (χ0) is 8.39. The summed E-state index contributed by atoms with van der Waals surface area (Å²) >= 11 is 0. The number of aromatic hydroxyl groups is 1. The summed E-state index contributed by atoms with van der Waals surface area (Å²) in [6.07, 6.45) is 2.39. The molecule has 1 fully saturated rings. The van der Waals surface area contributed by atoms with Gasteiger partial charge in [0.05, 0.1) is 12.7 Å². The number of rotatable bonds is 3. The van der Waals surface area contributed by atoms with E-state index >= 15 is 0 Å². The van der Waals surface area contributed by atoms with Gasteiger partial charge in [-0.3, -0.25) is 0 Å². The Hall–Kier alpha value is -1.02. The Labute approximate surface area is 71.8 Å². The average molecular weight is 164 g/mol. The highest BCUT2D eigenvalue weighted by Gasteiger charge is 2.21. The molecule has 1 atom stereocenters. The lowest BCUT2D eigenvalue weighted by molar-refractivity contribution is 0.394. The minimum absolute atomic E-state index is 0.401. The van der Waals surface area contributed by atoms with Crippen LogP contribution in [0.5, 0.6) is 5.75 Å². The van der Waals surface area contributed by atoms with Crippen molar-refractivity contribution in [3.8, 4) is 5.75 Å². The molecule has 0 spiro atoms. The zero-order valence-electron chi connectivity index (χ0n) is 6.86. The van der Waals surface area contributed by atoms with E-state index in [0.29, 0.717) is 11.9 Å². The molecule has 12 heavy (non-hydrogen) atoms. The van der Waals surface area contributed by atoms with Crippen LogP contribution in [0.15, 0.2) is 24.3 Å². The van der Waals surface area contributed by atoms with Crippen LogP contribution in [0, 0.1) is 0 Å². The molecule has 1 N–H and O–H groups in total. The highest BCUT2D eigenvalue weighted by atomic mass is 16.6. The van der Waals surface area contributed by atoms with Crippen molar-refractivity contribution >= 4 is 0 Å². The Bertz CT molecular complexity index is 266. The minimum Gasteiger partial charge on any atom is -0.508 e. The first-order chi connectivity index (χ1) is 5.86. The maximum atomic E-state index is 9.40. The third-order valence-electron chi connectivity index (χ3n) is 2.13. The standard InChI is InChI=1S/C10H12O2/c11-10-4-2-1-3-8(10)5-6-9-7-12-9/h1-4,9,11H,5-7H2. The fourth-order valence-electron chi connectivity index (χ4n) is 1.27. The summed E-state index contributed by atoms with van der Waals surface area (Å²) in [5.41, 5.74) is 1.02. The van der Waals surface area contributed by atoms with Crippen molar-refractivity contribution in [3.05, 3.63) is 29.8 Å². The molecule has 1 saturated heterocycles. The summed E-state index contributed by atoms with van der Waals surface area (Å²) in [7, 11) is 0. The molecule has 0 amide bonds. The highest BCUT2D eigenvalue weighted by Crippen LogP contribution is 2.21. The molecule has 1 heterocycles. The number of hydrogen-bond donors (Lipinski definition) is 1. The van der Waals surface area contributed by atoms with E-state index in [1.54, 1.807) is 6.07 Å². The molecule has 0 bridgehead atoms. The lowest BCUT2D eigenvalue weighted by atomic mass is 10.1. The Morgan fingerprint density at radius 2 is 2.17 bits per heavy atom. The van der Waals surface area contributed by atoms with E-state index in [4.69, 9.17) is 4.74 Å². The van der Waals surface area contributed by atoms with Gasteiger partial charge in [-0.2, -0.15) is 0 Å². The van der Waals surface area contributed by atoms with Gasteiger partial charge < -0.3 is 9.84 Å². The number of hydrogen-bond acceptors (Lipinski definition) is 2. The van der Waals surface area contributed by atoms with Gasteiger partial charge in [0, 0.05) is 0 Å². The average Bonchev–Trinajstić information content (AvgIpc) is 2.86. The normalized spacial score (nSPS) is 20.8. The maximum absolute atomic E-state index is 9.40. The number of phenols is 1. The quantitative estimate of drug-likeness (QED) is 0.690. The van der Waals surface area contributed by atoms with Crippen LogP contribution in [0.25, 0.3) is 0 Å². The van der Waals surface area contributed by atoms with Crippen molar-refractivity contribution in [1.29, 1.82) is 0 Å². The maximum Gasteiger partial charge on any atom is 0.118 e. The Morgan fingerprint density at radius 3 is 2.83 bits per heavy atom. The second kappa shape index (κ2) is 3.15. The van der Waals surface area contributed by atoms with Crippen LogP contribution in [0.3, 0.4) is 0 Å². The van der Waals surface area contributed by atoms with Crippen molar-refractivity contribution in [1.82, 2.24) is 0 Å². The minimum atomic E-state index is 0.401. The van der Waals surface area contributed by atoms with E-state index < -0.39 is 0 Å². The Kier molecular flexibility index (Phi) is 2.00. The molecule has 0 aliphatic carbocycles. The van der Waals surface area contributed by atoms with Crippen LogP contribution in [0.4, 0.5) is 0 Å². The molecule has 1 aliphatic heterocycles. The van der Waals surface area contributed by atoms with Crippen LogP contribution in [-0.2, 0) is 11.2 Å². The van der Waals surface area contributed by atoms with E-state index in [-0.39, 0.29) is 0 Å². The van der Waals surface area contributed by atoms with Gasteiger partial charge in [0.25, 0.3) is 0 Å². The highest BCUT2D eigenvalue weighted by molar-refractivity contribution is 5.31. The van der Waals surface area contributed by atoms with Crippen molar-refractivity contribution in [2.45, 2.75) is 18.9 Å². The van der Waals surface area contributed by atoms with Crippen molar-refractivity contribution in [3.63, 3.8) is 0 Å². The van der Waals surface area contributed by atoms with Gasteiger partial charge in [0.15, 0.2) is 0 Å². The number of benzene rings is 1. The van der Waals surface area contributed by atoms with E-state index in [2.05, 4.69) is 0 Å². The molecule has 2 nitrogen and oxygen atoms in total.